The number of anilines is 4. The number of carboxylic acids is 1. The van der Waals surface area contributed by atoms with Crippen molar-refractivity contribution in [2.45, 2.75) is 6.42 Å². The molecule has 1 aromatic heterocycles. The van der Waals surface area contributed by atoms with E-state index in [1.807, 2.05) is 0 Å². The minimum absolute atomic E-state index is 0.221. The van der Waals surface area contributed by atoms with Gasteiger partial charge in [0.2, 0.25) is 0 Å². The fourth-order valence-corrected chi connectivity index (χ4v) is 2.80. The summed E-state index contributed by atoms with van der Waals surface area (Å²) in [5.41, 5.74) is 7.50. The first-order valence-electron chi connectivity index (χ1n) is 8.88. The molecular weight excluding hydrogens is 348 g/mol. The zero-order chi connectivity index (χ0) is 19.1. The maximum atomic E-state index is 10.9. The van der Waals surface area contributed by atoms with E-state index in [1.165, 1.54) is 18.5 Å². The van der Waals surface area contributed by atoms with Gasteiger partial charge >= 0.3 is 5.97 Å². The molecule has 3 rings (SSSR count). The van der Waals surface area contributed by atoms with Crippen molar-refractivity contribution in [1.82, 2.24) is 14.9 Å². The zero-order valence-corrected chi connectivity index (χ0v) is 15.0. The van der Waals surface area contributed by atoms with E-state index in [4.69, 9.17) is 15.6 Å². The number of carbonyl (C=O) groups is 1. The van der Waals surface area contributed by atoms with E-state index in [1.54, 1.807) is 12.1 Å². The quantitative estimate of drug-likeness (QED) is 0.512. The highest BCUT2D eigenvalue weighted by molar-refractivity contribution is 5.88. The molecule has 0 radical (unpaired) electrons. The van der Waals surface area contributed by atoms with Crippen molar-refractivity contribution < 1.29 is 14.6 Å². The Balaban J connectivity index is 1.54. The molecule has 9 heteroatoms. The second kappa shape index (κ2) is 9.15. The van der Waals surface area contributed by atoms with Gasteiger partial charge in [-0.15, -0.1) is 0 Å². The van der Waals surface area contributed by atoms with Crippen LogP contribution in [0.2, 0.25) is 0 Å². The fourth-order valence-electron chi connectivity index (χ4n) is 2.80. The van der Waals surface area contributed by atoms with Crippen molar-refractivity contribution >= 4 is 29.0 Å². The van der Waals surface area contributed by atoms with E-state index >= 15 is 0 Å². The largest absolute Gasteiger partial charge is 0.478 e. The number of carboxylic acid groups (broad SMARTS) is 1. The Labute approximate surface area is 157 Å². The third-order valence-electron chi connectivity index (χ3n) is 4.33. The monoisotopic (exact) mass is 372 g/mol. The number of hydrogen-bond acceptors (Lipinski definition) is 8. The van der Waals surface area contributed by atoms with Gasteiger partial charge in [-0.05, 0) is 37.2 Å². The van der Waals surface area contributed by atoms with Crippen LogP contribution in [0.4, 0.5) is 23.0 Å². The molecule has 2 aromatic rings. The minimum Gasteiger partial charge on any atom is -0.478 e. The van der Waals surface area contributed by atoms with Crippen LogP contribution in [0.1, 0.15) is 16.8 Å². The lowest BCUT2D eigenvalue weighted by Gasteiger charge is -2.26. The first-order valence-corrected chi connectivity index (χ1v) is 8.88. The van der Waals surface area contributed by atoms with E-state index in [0.29, 0.717) is 23.0 Å². The van der Waals surface area contributed by atoms with Crippen LogP contribution in [0.15, 0.2) is 30.6 Å². The van der Waals surface area contributed by atoms with Gasteiger partial charge in [-0.2, -0.15) is 0 Å². The van der Waals surface area contributed by atoms with Crippen molar-refractivity contribution in [3.8, 4) is 0 Å². The molecule has 144 valence electrons. The van der Waals surface area contributed by atoms with Gasteiger partial charge in [0, 0.05) is 25.3 Å². The molecule has 0 atom stereocenters. The summed E-state index contributed by atoms with van der Waals surface area (Å²) in [5, 5.41) is 15.3. The molecule has 1 saturated heterocycles. The van der Waals surface area contributed by atoms with Crippen LogP contribution in [-0.4, -0.2) is 65.3 Å². The lowest BCUT2D eigenvalue weighted by molar-refractivity contribution is 0.0378. The number of aromatic nitrogens is 2. The van der Waals surface area contributed by atoms with E-state index in [2.05, 4.69) is 25.5 Å². The third-order valence-corrected chi connectivity index (χ3v) is 4.33. The lowest BCUT2D eigenvalue weighted by Crippen LogP contribution is -2.37. The van der Waals surface area contributed by atoms with Gasteiger partial charge in [-0.3, -0.25) is 4.90 Å². The van der Waals surface area contributed by atoms with E-state index in [-0.39, 0.29) is 5.56 Å². The van der Waals surface area contributed by atoms with Crippen LogP contribution >= 0.6 is 0 Å². The highest BCUT2D eigenvalue weighted by atomic mass is 16.5. The van der Waals surface area contributed by atoms with Crippen LogP contribution in [0.25, 0.3) is 0 Å². The van der Waals surface area contributed by atoms with Gasteiger partial charge in [0.15, 0.2) is 11.6 Å². The number of nitrogens with two attached hydrogens (primary N) is 1. The molecule has 0 amide bonds. The number of ether oxygens (including phenoxy) is 1. The summed E-state index contributed by atoms with van der Waals surface area (Å²) in [4.78, 5) is 21.7. The first kappa shape index (κ1) is 18.9. The van der Waals surface area contributed by atoms with Gasteiger partial charge in [-0.25, -0.2) is 14.8 Å². The van der Waals surface area contributed by atoms with E-state index in [9.17, 15) is 4.79 Å². The summed E-state index contributed by atoms with van der Waals surface area (Å²) < 4.78 is 5.34. The molecule has 1 aliphatic rings. The van der Waals surface area contributed by atoms with Gasteiger partial charge in [0.05, 0.1) is 18.8 Å². The summed E-state index contributed by atoms with van der Waals surface area (Å²) in [6, 6.07) is 6.38. The molecule has 0 aliphatic carbocycles. The van der Waals surface area contributed by atoms with Crippen LogP contribution in [0.5, 0.6) is 0 Å². The van der Waals surface area contributed by atoms with E-state index < -0.39 is 5.97 Å². The minimum atomic E-state index is -0.966. The normalized spacial score (nSPS) is 14.7. The first-order chi connectivity index (χ1) is 13.1. The Bertz CT molecular complexity index is 762. The molecule has 1 aromatic carbocycles. The number of rotatable bonds is 8. The van der Waals surface area contributed by atoms with Crippen LogP contribution in [0.3, 0.4) is 0 Å². The van der Waals surface area contributed by atoms with Crippen LogP contribution in [-0.2, 0) is 4.74 Å². The number of nitrogen functional groups attached to an aromatic ring is 1. The van der Waals surface area contributed by atoms with Crippen molar-refractivity contribution in [3.63, 3.8) is 0 Å². The highest BCUT2D eigenvalue weighted by Gasteiger charge is 2.11. The summed E-state index contributed by atoms with van der Waals surface area (Å²) in [7, 11) is 0. The Kier molecular flexibility index (Phi) is 6.39. The zero-order valence-electron chi connectivity index (χ0n) is 15.0. The summed E-state index contributed by atoms with van der Waals surface area (Å²) >= 11 is 0. The fraction of sp³-hybridized carbons (Fsp3) is 0.389. The highest BCUT2D eigenvalue weighted by Crippen LogP contribution is 2.25. The predicted octanol–water partition coefficient (Wildman–Crippen LogP) is 1.63. The van der Waals surface area contributed by atoms with Crippen LogP contribution < -0.4 is 16.4 Å². The lowest BCUT2D eigenvalue weighted by atomic mass is 10.2. The van der Waals surface area contributed by atoms with Crippen molar-refractivity contribution in [2.24, 2.45) is 0 Å². The molecule has 27 heavy (non-hydrogen) atoms. The van der Waals surface area contributed by atoms with Gasteiger partial charge in [0.25, 0.3) is 0 Å². The molecule has 9 nitrogen and oxygen atoms in total. The second-order valence-electron chi connectivity index (χ2n) is 6.23. The predicted molar refractivity (Wildman–Crippen MR) is 103 cm³/mol. The number of nitrogens with one attached hydrogen (secondary N) is 2. The number of aromatic carboxylic acids is 1. The molecule has 0 unspecified atom stereocenters. The maximum absolute atomic E-state index is 10.9. The number of morpholine rings is 1. The molecule has 0 bridgehead atoms. The number of nitrogens with zero attached hydrogens (tertiary/aromatic N) is 3. The van der Waals surface area contributed by atoms with Gasteiger partial charge in [0.1, 0.15) is 12.0 Å². The van der Waals surface area contributed by atoms with E-state index in [0.717, 1.165) is 45.8 Å². The summed E-state index contributed by atoms with van der Waals surface area (Å²) in [6.45, 7) is 5.31. The molecule has 1 fully saturated rings. The maximum Gasteiger partial charge on any atom is 0.335 e. The summed E-state index contributed by atoms with van der Waals surface area (Å²) in [6.07, 6.45) is 2.41. The topological polar surface area (TPSA) is 126 Å². The SMILES string of the molecule is Nc1c(NCCCN2CCOCC2)ncnc1Nc1ccc(C(=O)O)cc1. The third kappa shape index (κ3) is 5.28. The molecule has 0 spiro atoms. The second-order valence-corrected chi connectivity index (χ2v) is 6.23. The Hall–Kier alpha value is -2.91. The summed E-state index contributed by atoms with van der Waals surface area (Å²) in [5.74, 6) is 0.0899. The number of hydrogen-bond donors (Lipinski definition) is 4. The molecular formula is C18H24N6O3. The number of benzene rings is 1. The van der Waals surface area contributed by atoms with Crippen molar-refractivity contribution in [3.05, 3.63) is 36.2 Å². The molecule has 0 saturated carbocycles. The molecule has 1 aliphatic heterocycles. The average Bonchev–Trinajstić information content (AvgIpc) is 2.69. The van der Waals surface area contributed by atoms with Gasteiger partial charge < -0.3 is 26.2 Å². The molecule has 2 heterocycles. The Morgan fingerprint density at radius 3 is 2.59 bits per heavy atom. The standard InChI is InChI=1S/C18H24N6O3/c19-15-16(20-6-1-7-24-8-10-27-11-9-24)21-12-22-17(15)23-14-4-2-13(3-5-14)18(25)26/h2-5,12H,1,6-11,19H2,(H,25,26)(H2,20,21,22,23). The Morgan fingerprint density at radius 1 is 1.19 bits per heavy atom. The van der Waals surface area contributed by atoms with Gasteiger partial charge in [-0.1, -0.05) is 0 Å². The average molecular weight is 372 g/mol. The molecule has 5 N–H and O–H groups in total. The Morgan fingerprint density at radius 2 is 1.89 bits per heavy atom. The van der Waals surface area contributed by atoms with Crippen molar-refractivity contribution in [2.75, 3.05) is 55.8 Å². The smallest absolute Gasteiger partial charge is 0.335 e. The van der Waals surface area contributed by atoms with Crippen LogP contribution in [0, 0.1) is 0 Å². The van der Waals surface area contributed by atoms with Crippen molar-refractivity contribution in [1.29, 1.82) is 0 Å².